The van der Waals surface area contributed by atoms with Crippen LogP contribution in [0.5, 0.6) is 0 Å². The molecule has 0 aromatic carbocycles. The van der Waals surface area contributed by atoms with Gasteiger partial charge < -0.3 is 10.0 Å². The van der Waals surface area contributed by atoms with Gasteiger partial charge in [-0.3, -0.25) is 4.99 Å². The minimum Gasteiger partial charge on any atom is -0.480 e. The summed E-state index contributed by atoms with van der Waals surface area (Å²) in [6, 6.07) is -0.514. The van der Waals surface area contributed by atoms with Crippen LogP contribution in [0.15, 0.2) is 4.99 Å². The van der Waals surface area contributed by atoms with Crippen molar-refractivity contribution in [1.82, 2.24) is 4.90 Å². The van der Waals surface area contributed by atoms with E-state index in [2.05, 4.69) is 4.99 Å². The molecule has 4 heteroatoms. The van der Waals surface area contributed by atoms with Crippen molar-refractivity contribution in [2.24, 2.45) is 4.99 Å². The average molecular weight is 172 g/mol. The maximum atomic E-state index is 10.6. The van der Waals surface area contributed by atoms with Crippen LogP contribution in [0.3, 0.4) is 0 Å². The molecule has 0 radical (unpaired) electrons. The van der Waals surface area contributed by atoms with Crippen LogP contribution >= 0.6 is 0 Å². The minimum atomic E-state index is -0.830. The number of hydrogen-bond acceptors (Lipinski definition) is 2. The molecular formula is C8H16N2O2. The van der Waals surface area contributed by atoms with Crippen LogP contribution in [0.2, 0.25) is 0 Å². The Balaban J connectivity index is 4.28. The highest BCUT2D eigenvalue weighted by Gasteiger charge is 2.16. The molecule has 0 heterocycles. The number of aliphatic imine (C=N–C) groups is 1. The smallest absolute Gasteiger partial charge is 0.326 e. The predicted molar refractivity (Wildman–Crippen MR) is 48.5 cm³/mol. The highest BCUT2D eigenvalue weighted by atomic mass is 16.4. The van der Waals surface area contributed by atoms with Crippen LogP contribution in [-0.2, 0) is 4.79 Å². The lowest BCUT2D eigenvalue weighted by atomic mass is 10.3. The Morgan fingerprint density at radius 2 is 2.17 bits per heavy atom. The van der Waals surface area contributed by atoms with Gasteiger partial charge in [-0.1, -0.05) is 0 Å². The van der Waals surface area contributed by atoms with Crippen LogP contribution in [-0.4, -0.2) is 41.4 Å². The van der Waals surface area contributed by atoms with E-state index in [4.69, 9.17) is 5.11 Å². The van der Waals surface area contributed by atoms with Crippen molar-refractivity contribution >= 4 is 11.8 Å². The lowest BCUT2D eigenvalue weighted by Gasteiger charge is -2.22. The highest BCUT2D eigenvalue weighted by molar-refractivity contribution is 5.85. The van der Waals surface area contributed by atoms with E-state index in [1.807, 2.05) is 13.8 Å². The third-order valence-electron chi connectivity index (χ3n) is 1.84. The number of likely N-dealkylation sites (N-methyl/N-ethyl adjacent to an activating group) is 1. The van der Waals surface area contributed by atoms with Gasteiger partial charge in [0.15, 0.2) is 0 Å². The summed E-state index contributed by atoms with van der Waals surface area (Å²) >= 11 is 0. The maximum Gasteiger partial charge on any atom is 0.326 e. The van der Waals surface area contributed by atoms with Gasteiger partial charge in [0.05, 0.1) is 5.84 Å². The van der Waals surface area contributed by atoms with Crippen molar-refractivity contribution in [3.05, 3.63) is 0 Å². The first-order valence-electron chi connectivity index (χ1n) is 3.97. The van der Waals surface area contributed by atoms with Crippen LogP contribution in [0.4, 0.5) is 0 Å². The summed E-state index contributed by atoms with van der Waals surface area (Å²) in [5, 5.41) is 8.67. The fraction of sp³-hybridized carbons (Fsp3) is 0.750. The third-order valence-corrected chi connectivity index (χ3v) is 1.84. The maximum absolute atomic E-state index is 10.6. The van der Waals surface area contributed by atoms with Gasteiger partial charge in [0.1, 0.15) is 6.04 Å². The van der Waals surface area contributed by atoms with Gasteiger partial charge in [0.25, 0.3) is 0 Å². The first kappa shape index (κ1) is 10.9. The van der Waals surface area contributed by atoms with Gasteiger partial charge in [0.2, 0.25) is 0 Å². The van der Waals surface area contributed by atoms with Gasteiger partial charge in [-0.2, -0.15) is 0 Å². The fourth-order valence-electron chi connectivity index (χ4n) is 0.786. The summed E-state index contributed by atoms with van der Waals surface area (Å²) in [6.45, 7) is 6.05. The Hall–Kier alpha value is -1.06. The first-order valence-corrected chi connectivity index (χ1v) is 3.97. The molecule has 0 aromatic rings. The zero-order valence-corrected chi connectivity index (χ0v) is 8.03. The molecule has 70 valence electrons. The van der Waals surface area contributed by atoms with Crippen molar-refractivity contribution in [2.75, 3.05) is 13.6 Å². The molecule has 0 aromatic heterocycles. The first-order chi connectivity index (χ1) is 5.50. The monoisotopic (exact) mass is 172 g/mol. The van der Waals surface area contributed by atoms with E-state index in [0.29, 0.717) is 6.54 Å². The van der Waals surface area contributed by atoms with E-state index in [-0.39, 0.29) is 0 Å². The summed E-state index contributed by atoms with van der Waals surface area (Å²) in [5.41, 5.74) is 0. The molecule has 0 aliphatic rings. The second kappa shape index (κ2) is 4.74. The minimum absolute atomic E-state index is 0.514. The van der Waals surface area contributed by atoms with Gasteiger partial charge in [0, 0.05) is 13.6 Å². The molecular weight excluding hydrogens is 156 g/mol. The molecule has 0 aliphatic carbocycles. The second-order valence-electron chi connectivity index (χ2n) is 2.65. The van der Waals surface area contributed by atoms with Crippen molar-refractivity contribution in [3.63, 3.8) is 0 Å². The zero-order chi connectivity index (χ0) is 9.72. The summed E-state index contributed by atoms with van der Waals surface area (Å²) in [5.74, 6) is -0.0736. The molecule has 1 N–H and O–H groups in total. The molecule has 0 amide bonds. The van der Waals surface area contributed by atoms with E-state index >= 15 is 0 Å². The lowest BCUT2D eigenvalue weighted by molar-refractivity contribution is -0.140. The van der Waals surface area contributed by atoms with Crippen LogP contribution in [0.1, 0.15) is 20.8 Å². The molecule has 1 unspecified atom stereocenters. The molecule has 0 bridgehead atoms. The Morgan fingerprint density at radius 1 is 1.67 bits per heavy atom. The van der Waals surface area contributed by atoms with Crippen molar-refractivity contribution in [3.8, 4) is 0 Å². The van der Waals surface area contributed by atoms with Crippen LogP contribution < -0.4 is 0 Å². The Bertz CT molecular complexity index is 189. The van der Waals surface area contributed by atoms with Crippen molar-refractivity contribution in [1.29, 1.82) is 0 Å². The Morgan fingerprint density at radius 3 is 2.50 bits per heavy atom. The van der Waals surface area contributed by atoms with E-state index < -0.39 is 12.0 Å². The highest BCUT2D eigenvalue weighted by Crippen LogP contribution is 1.97. The second-order valence-corrected chi connectivity index (χ2v) is 2.65. The van der Waals surface area contributed by atoms with E-state index in [9.17, 15) is 4.79 Å². The summed E-state index contributed by atoms with van der Waals surface area (Å²) in [6.07, 6.45) is 0. The molecule has 12 heavy (non-hydrogen) atoms. The summed E-state index contributed by atoms with van der Waals surface area (Å²) in [4.78, 5) is 16.3. The number of carboxylic acids is 1. The number of carboxylic acid groups (broad SMARTS) is 1. The number of amidine groups is 1. The quantitative estimate of drug-likeness (QED) is 0.506. The standard InChI is InChI=1S/C8H16N2O2/c1-5-9-7(3)10(4)6(2)8(11)12/h6H,5H2,1-4H3,(H,11,12). The number of carbonyl (C=O) groups is 1. The number of nitrogens with zero attached hydrogens (tertiary/aromatic N) is 2. The van der Waals surface area contributed by atoms with Crippen LogP contribution in [0, 0.1) is 0 Å². The molecule has 4 nitrogen and oxygen atoms in total. The average Bonchev–Trinajstić information content (AvgIpc) is 2.02. The zero-order valence-electron chi connectivity index (χ0n) is 8.03. The van der Waals surface area contributed by atoms with Crippen molar-refractivity contribution in [2.45, 2.75) is 26.8 Å². The molecule has 0 rings (SSSR count). The summed E-state index contributed by atoms with van der Waals surface area (Å²) in [7, 11) is 1.73. The lowest BCUT2D eigenvalue weighted by Crippen LogP contribution is -2.39. The molecule has 0 fully saturated rings. The Kier molecular flexibility index (Phi) is 4.33. The third kappa shape index (κ3) is 2.90. The molecule has 1 atom stereocenters. The largest absolute Gasteiger partial charge is 0.480 e. The number of rotatable bonds is 3. The molecule has 0 saturated carbocycles. The number of hydrogen-bond donors (Lipinski definition) is 1. The van der Waals surface area contributed by atoms with Gasteiger partial charge in [-0.05, 0) is 20.8 Å². The number of aliphatic carboxylic acids is 1. The van der Waals surface area contributed by atoms with E-state index in [1.165, 1.54) is 0 Å². The van der Waals surface area contributed by atoms with Gasteiger partial charge >= 0.3 is 5.97 Å². The topological polar surface area (TPSA) is 52.9 Å². The SMILES string of the molecule is CCN=C(C)N(C)C(C)C(=O)O. The molecule has 0 aliphatic heterocycles. The van der Waals surface area contributed by atoms with E-state index in [1.54, 1.807) is 18.9 Å². The predicted octanol–water partition coefficient (Wildman–Crippen LogP) is 0.830. The van der Waals surface area contributed by atoms with Crippen LogP contribution in [0.25, 0.3) is 0 Å². The van der Waals surface area contributed by atoms with Gasteiger partial charge in [-0.15, -0.1) is 0 Å². The van der Waals surface area contributed by atoms with Crippen molar-refractivity contribution < 1.29 is 9.90 Å². The normalized spacial score (nSPS) is 14.2. The van der Waals surface area contributed by atoms with E-state index in [0.717, 1.165) is 5.84 Å². The summed E-state index contributed by atoms with van der Waals surface area (Å²) < 4.78 is 0. The Labute approximate surface area is 72.9 Å². The van der Waals surface area contributed by atoms with Gasteiger partial charge in [-0.25, -0.2) is 4.79 Å². The molecule has 0 saturated heterocycles. The molecule has 0 spiro atoms. The fourth-order valence-corrected chi connectivity index (χ4v) is 0.786.